The lowest BCUT2D eigenvalue weighted by Crippen LogP contribution is -2.37. The summed E-state index contributed by atoms with van der Waals surface area (Å²) in [5, 5.41) is 16.8. The van der Waals surface area contributed by atoms with Gasteiger partial charge in [0.1, 0.15) is 23.1 Å². The second-order valence-corrected chi connectivity index (χ2v) is 5.96. The molecule has 6 nitrogen and oxygen atoms in total. The van der Waals surface area contributed by atoms with Crippen LogP contribution in [-0.4, -0.2) is 47.0 Å². The van der Waals surface area contributed by atoms with Gasteiger partial charge in [0.2, 0.25) is 0 Å². The number of hydrogen-bond donors (Lipinski definition) is 3. The van der Waals surface area contributed by atoms with Crippen molar-refractivity contribution in [3.63, 3.8) is 0 Å². The molecule has 1 atom stereocenters. The predicted molar refractivity (Wildman–Crippen MR) is 83.8 cm³/mol. The molecular formula is C15H26N4O2. The Morgan fingerprint density at radius 3 is 2.62 bits per heavy atom. The van der Waals surface area contributed by atoms with Crippen molar-refractivity contribution < 1.29 is 9.84 Å². The summed E-state index contributed by atoms with van der Waals surface area (Å²) >= 11 is 0. The molecule has 1 aromatic rings. The molecule has 1 aliphatic heterocycles. The highest BCUT2D eigenvalue weighted by molar-refractivity contribution is 5.48. The molecule has 1 saturated heterocycles. The molecule has 1 aliphatic rings. The molecule has 0 bridgehead atoms. The van der Waals surface area contributed by atoms with E-state index >= 15 is 0 Å². The molecule has 0 spiro atoms. The van der Waals surface area contributed by atoms with Gasteiger partial charge in [-0.25, -0.2) is 9.97 Å². The summed E-state index contributed by atoms with van der Waals surface area (Å²) in [6.45, 7) is 8.57. The second-order valence-electron chi connectivity index (χ2n) is 5.96. The van der Waals surface area contributed by atoms with E-state index in [1.165, 1.54) is 0 Å². The zero-order valence-electron chi connectivity index (χ0n) is 13.1. The maximum atomic E-state index is 10.3. The summed E-state index contributed by atoms with van der Waals surface area (Å²) in [7, 11) is 0. The first kappa shape index (κ1) is 16.0. The van der Waals surface area contributed by atoms with Gasteiger partial charge in [-0.1, -0.05) is 20.8 Å². The third-order valence-electron chi connectivity index (χ3n) is 3.50. The van der Waals surface area contributed by atoms with Crippen LogP contribution in [0.15, 0.2) is 6.07 Å². The van der Waals surface area contributed by atoms with Gasteiger partial charge in [0, 0.05) is 38.1 Å². The first-order valence-corrected chi connectivity index (χ1v) is 7.69. The van der Waals surface area contributed by atoms with E-state index in [1.54, 1.807) is 0 Å². The van der Waals surface area contributed by atoms with E-state index < -0.39 is 5.60 Å². The smallest absolute Gasteiger partial charge is 0.135 e. The second kappa shape index (κ2) is 7.04. The fraction of sp³-hybridized carbons (Fsp3) is 0.733. The Hall–Kier alpha value is -1.40. The summed E-state index contributed by atoms with van der Waals surface area (Å²) in [6.07, 6.45) is 1.70. The van der Waals surface area contributed by atoms with Gasteiger partial charge in [-0.15, -0.1) is 0 Å². The lowest BCUT2D eigenvalue weighted by Gasteiger charge is -2.21. The fourth-order valence-corrected chi connectivity index (χ4v) is 2.15. The van der Waals surface area contributed by atoms with Crippen molar-refractivity contribution in [1.29, 1.82) is 0 Å². The molecule has 1 aromatic heterocycles. The number of anilines is 2. The van der Waals surface area contributed by atoms with Crippen LogP contribution in [0.5, 0.6) is 0 Å². The lowest BCUT2D eigenvalue weighted by molar-refractivity contribution is 0.0381. The summed E-state index contributed by atoms with van der Waals surface area (Å²) in [5.74, 6) is 2.63. The Labute approximate surface area is 126 Å². The van der Waals surface area contributed by atoms with E-state index in [9.17, 15) is 5.11 Å². The highest BCUT2D eigenvalue weighted by Crippen LogP contribution is 2.21. The van der Waals surface area contributed by atoms with Crippen LogP contribution in [0.2, 0.25) is 0 Å². The molecule has 0 saturated carbocycles. The molecule has 0 amide bonds. The molecule has 2 heterocycles. The van der Waals surface area contributed by atoms with E-state index in [0.29, 0.717) is 26.2 Å². The van der Waals surface area contributed by atoms with Gasteiger partial charge >= 0.3 is 0 Å². The van der Waals surface area contributed by atoms with Crippen molar-refractivity contribution in [1.82, 2.24) is 9.97 Å². The highest BCUT2D eigenvalue weighted by Gasteiger charge is 2.32. The van der Waals surface area contributed by atoms with Crippen molar-refractivity contribution in [3.05, 3.63) is 11.9 Å². The average Bonchev–Trinajstić information content (AvgIpc) is 2.90. The third-order valence-corrected chi connectivity index (χ3v) is 3.50. The Kier molecular flexibility index (Phi) is 5.36. The number of hydrogen-bond acceptors (Lipinski definition) is 6. The minimum atomic E-state index is -0.792. The van der Waals surface area contributed by atoms with Crippen molar-refractivity contribution in [2.45, 2.75) is 45.1 Å². The quantitative estimate of drug-likeness (QED) is 0.713. The molecule has 0 radical (unpaired) electrons. The van der Waals surface area contributed by atoms with Crippen LogP contribution in [-0.2, 0) is 4.74 Å². The summed E-state index contributed by atoms with van der Waals surface area (Å²) in [4.78, 5) is 9.04. The number of nitrogens with zero attached hydrogens (tertiary/aromatic N) is 2. The largest absolute Gasteiger partial charge is 0.386 e. The Bertz CT molecular complexity index is 459. The third kappa shape index (κ3) is 4.54. The SMILES string of the molecule is CCCNc1cc(NCC2(O)CCOC2)nc(C(C)C)n1. The zero-order chi connectivity index (χ0) is 15.3. The summed E-state index contributed by atoms with van der Waals surface area (Å²) in [6, 6.07) is 1.89. The highest BCUT2D eigenvalue weighted by atomic mass is 16.5. The zero-order valence-corrected chi connectivity index (χ0v) is 13.1. The van der Waals surface area contributed by atoms with Crippen LogP contribution in [0, 0.1) is 0 Å². The van der Waals surface area contributed by atoms with Gasteiger partial charge in [-0.3, -0.25) is 0 Å². The first-order chi connectivity index (χ1) is 10.0. The van der Waals surface area contributed by atoms with Gasteiger partial charge in [0.05, 0.1) is 6.61 Å². The first-order valence-electron chi connectivity index (χ1n) is 7.69. The van der Waals surface area contributed by atoms with Gasteiger partial charge < -0.3 is 20.5 Å². The number of aliphatic hydroxyl groups is 1. The lowest BCUT2D eigenvalue weighted by atomic mass is 10.0. The van der Waals surface area contributed by atoms with Crippen molar-refractivity contribution >= 4 is 11.6 Å². The van der Waals surface area contributed by atoms with Crippen molar-refractivity contribution in [3.8, 4) is 0 Å². The van der Waals surface area contributed by atoms with Crippen LogP contribution in [0.25, 0.3) is 0 Å². The fourth-order valence-electron chi connectivity index (χ4n) is 2.15. The van der Waals surface area contributed by atoms with Gasteiger partial charge in [-0.2, -0.15) is 0 Å². The maximum Gasteiger partial charge on any atom is 0.135 e. The number of aromatic nitrogens is 2. The molecule has 21 heavy (non-hydrogen) atoms. The standard InChI is InChI=1S/C15H26N4O2/c1-4-6-16-12-8-13(19-14(18-12)11(2)3)17-9-15(20)5-7-21-10-15/h8,11,20H,4-7,9-10H2,1-3H3,(H2,16,17,18,19). The molecule has 2 rings (SSSR count). The van der Waals surface area contributed by atoms with Crippen molar-refractivity contribution in [2.24, 2.45) is 0 Å². The van der Waals surface area contributed by atoms with E-state index in [0.717, 1.165) is 30.4 Å². The van der Waals surface area contributed by atoms with E-state index in [2.05, 4.69) is 41.4 Å². The predicted octanol–water partition coefficient (Wildman–Crippen LogP) is 1.99. The van der Waals surface area contributed by atoms with Crippen LogP contribution in [0.4, 0.5) is 11.6 Å². The Balaban J connectivity index is 2.07. The minimum absolute atomic E-state index is 0.256. The normalized spacial score (nSPS) is 21.8. The molecule has 6 heteroatoms. The molecule has 0 aliphatic carbocycles. The van der Waals surface area contributed by atoms with E-state index in [-0.39, 0.29) is 5.92 Å². The maximum absolute atomic E-state index is 10.3. The summed E-state index contributed by atoms with van der Waals surface area (Å²) < 4.78 is 5.25. The number of nitrogens with one attached hydrogen (secondary N) is 2. The number of rotatable bonds is 7. The van der Waals surface area contributed by atoms with E-state index in [4.69, 9.17) is 4.74 Å². The molecule has 0 aromatic carbocycles. The average molecular weight is 294 g/mol. The molecular weight excluding hydrogens is 268 g/mol. The number of ether oxygens (including phenoxy) is 1. The van der Waals surface area contributed by atoms with Crippen LogP contribution in [0.1, 0.15) is 45.4 Å². The van der Waals surface area contributed by atoms with Gasteiger partial charge in [-0.05, 0) is 6.42 Å². The molecule has 118 valence electrons. The Morgan fingerprint density at radius 1 is 1.33 bits per heavy atom. The molecule has 1 fully saturated rings. The van der Waals surface area contributed by atoms with Crippen LogP contribution < -0.4 is 10.6 Å². The molecule has 3 N–H and O–H groups in total. The topological polar surface area (TPSA) is 79.3 Å². The van der Waals surface area contributed by atoms with Crippen LogP contribution >= 0.6 is 0 Å². The monoisotopic (exact) mass is 294 g/mol. The van der Waals surface area contributed by atoms with Crippen molar-refractivity contribution in [2.75, 3.05) is 36.9 Å². The molecule has 1 unspecified atom stereocenters. The van der Waals surface area contributed by atoms with Gasteiger partial charge in [0.25, 0.3) is 0 Å². The van der Waals surface area contributed by atoms with E-state index in [1.807, 2.05) is 6.07 Å². The summed E-state index contributed by atoms with van der Waals surface area (Å²) in [5.41, 5.74) is -0.792. The van der Waals surface area contributed by atoms with Gasteiger partial charge in [0.15, 0.2) is 0 Å². The minimum Gasteiger partial charge on any atom is -0.386 e. The Morgan fingerprint density at radius 2 is 2.05 bits per heavy atom. The van der Waals surface area contributed by atoms with Crippen LogP contribution in [0.3, 0.4) is 0 Å².